The largest absolute Gasteiger partial charge is 0.462 e. The molecular formula is C11H21NO5. The zero-order valence-corrected chi connectivity index (χ0v) is 10.2. The van der Waals surface area contributed by atoms with Crippen molar-refractivity contribution >= 4 is 5.97 Å². The van der Waals surface area contributed by atoms with E-state index in [1.54, 1.807) is 7.11 Å². The van der Waals surface area contributed by atoms with Gasteiger partial charge in [-0.25, -0.2) is 0 Å². The maximum atomic E-state index is 11.5. The third-order valence-corrected chi connectivity index (χ3v) is 2.50. The van der Waals surface area contributed by atoms with E-state index in [9.17, 15) is 9.90 Å². The zero-order valence-electron chi connectivity index (χ0n) is 10.2. The van der Waals surface area contributed by atoms with Gasteiger partial charge in [-0.1, -0.05) is 0 Å². The van der Waals surface area contributed by atoms with Crippen LogP contribution in [0, 0.1) is 0 Å². The van der Waals surface area contributed by atoms with Crippen LogP contribution in [0.15, 0.2) is 0 Å². The van der Waals surface area contributed by atoms with Gasteiger partial charge in [-0.05, 0) is 6.42 Å². The SMILES string of the molecule is COCCCOCCOC(=O)[C@@H]1C[C@@H](O)CN1. The van der Waals surface area contributed by atoms with Crippen molar-refractivity contribution in [3.8, 4) is 0 Å². The van der Waals surface area contributed by atoms with E-state index in [0.29, 0.717) is 32.8 Å². The van der Waals surface area contributed by atoms with E-state index in [-0.39, 0.29) is 18.6 Å². The monoisotopic (exact) mass is 247 g/mol. The van der Waals surface area contributed by atoms with Gasteiger partial charge in [0.15, 0.2) is 0 Å². The third kappa shape index (κ3) is 5.97. The summed E-state index contributed by atoms with van der Waals surface area (Å²) >= 11 is 0. The van der Waals surface area contributed by atoms with Gasteiger partial charge in [0.2, 0.25) is 0 Å². The Balaban J connectivity index is 1.93. The normalized spacial score (nSPS) is 23.9. The second kappa shape index (κ2) is 8.41. The molecule has 6 heteroatoms. The number of aliphatic hydroxyl groups excluding tert-OH is 1. The molecule has 0 spiro atoms. The first-order valence-electron chi connectivity index (χ1n) is 5.89. The summed E-state index contributed by atoms with van der Waals surface area (Å²) in [5.41, 5.74) is 0. The van der Waals surface area contributed by atoms with Crippen molar-refractivity contribution in [3.63, 3.8) is 0 Å². The highest BCUT2D eigenvalue weighted by atomic mass is 16.6. The minimum atomic E-state index is -0.446. The van der Waals surface area contributed by atoms with E-state index in [1.807, 2.05) is 0 Å². The van der Waals surface area contributed by atoms with Gasteiger partial charge >= 0.3 is 5.97 Å². The number of methoxy groups -OCH3 is 1. The van der Waals surface area contributed by atoms with Crippen molar-refractivity contribution < 1.29 is 24.1 Å². The number of hydrogen-bond acceptors (Lipinski definition) is 6. The van der Waals surface area contributed by atoms with Crippen LogP contribution in [-0.2, 0) is 19.0 Å². The molecule has 0 bridgehead atoms. The van der Waals surface area contributed by atoms with Crippen LogP contribution in [0.25, 0.3) is 0 Å². The summed E-state index contributed by atoms with van der Waals surface area (Å²) in [4.78, 5) is 11.5. The van der Waals surface area contributed by atoms with Gasteiger partial charge in [-0.15, -0.1) is 0 Å². The lowest BCUT2D eigenvalue weighted by atomic mass is 10.2. The second-order valence-corrected chi connectivity index (χ2v) is 3.98. The molecule has 0 aromatic carbocycles. The van der Waals surface area contributed by atoms with Crippen molar-refractivity contribution in [2.45, 2.75) is 25.0 Å². The Kier molecular flexibility index (Phi) is 7.11. The Labute approximate surface area is 101 Å². The number of carbonyl (C=O) groups excluding carboxylic acids is 1. The Morgan fingerprint density at radius 3 is 2.82 bits per heavy atom. The van der Waals surface area contributed by atoms with Crippen LogP contribution in [0.2, 0.25) is 0 Å². The summed E-state index contributed by atoms with van der Waals surface area (Å²) in [5.74, 6) is -0.318. The van der Waals surface area contributed by atoms with Crippen LogP contribution >= 0.6 is 0 Å². The Bertz CT molecular complexity index is 224. The van der Waals surface area contributed by atoms with Gasteiger partial charge < -0.3 is 24.6 Å². The molecule has 0 aliphatic carbocycles. The first-order valence-corrected chi connectivity index (χ1v) is 5.89. The van der Waals surface area contributed by atoms with E-state index >= 15 is 0 Å². The van der Waals surface area contributed by atoms with Gasteiger partial charge in [0, 0.05) is 33.3 Å². The lowest BCUT2D eigenvalue weighted by Crippen LogP contribution is -2.33. The number of esters is 1. The second-order valence-electron chi connectivity index (χ2n) is 3.98. The average molecular weight is 247 g/mol. The fraction of sp³-hybridized carbons (Fsp3) is 0.909. The third-order valence-electron chi connectivity index (χ3n) is 2.50. The van der Waals surface area contributed by atoms with Crippen LogP contribution < -0.4 is 5.32 Å². The zero-order chi connectivity index (χ0) is 12.5. The molecule has 1 rings (SSSR count). The van der Waals surface area contributed by atoms with Gasteiger partial charge in [0.25, 0.3) is 0 Å². The van der Waals surface area contributed by atoms with Crippen molar-refractivity contribution in [3.05, 3.63) is 0 Å². The number of nitrogens with one attached hydrogen (secondary N) is 1. The van der Waals surface area contributed by atoms with Crippen molar-refractivity contribution in [1.82, 2.24) is 5.32 Å². The summed E-state index contributed by atoms with van der Waals surface area (Å²) in [6.45, 7) is 2.37. The molecule has 1 fully saturated rings. The summed E-state index contributed by atoms with van der Waals surface area (Å²) < 4.78 is 15.1. The molecule has 0 saturated carbocycles. The number of rotatable bonds is 8. The molecule has 2 N–H and O–H groups in total. The van der Waals surface area contributed by atoms with Crippen LogP contribution in [0.5, 0.6) is 0 Å². The molecule has 0 radical (unpaired) electrons. The fourth-order valence-electron chi connectivity index (χ4n) is 1.61. The highest BCUT2D eigenvalue weighted by molar-refractivity contribution is 5.76. The van der Waals surface area contributed by atoms with Gasteiger partial charge in [0.05, 0.1) is 12.7 Å². The molecule has 1 aliphatic heterocycles. The van der Waals surface area contributed by atoms with E-state index < -0.39 is 6.10 Å². The summed E-state index contributed by atoms with van der Waals surface area (Å²) in [5, 5.41) is 12.1. The van der Waals surface area contributed by atoms with Crippen molar-refractivity contribution in [2.75, 3.05) is 40.1 Å². The number of ether oxygens (including phenoxy) is 3. The van der Waals surface area contributed by atoms with Gasteiger partial charge in [-0.3, -0.25) is 4.79 Å². The molecule has 2 atom stereocenters. The molecule has 0 aromatic rings. The lowest BCUT2D eigenvalue weighted by Gasteiger charge is -2.10. The van der Waals surface area contributed by atoms with Crippen LogP contribution in [-0.4, -0.2) is 63.3 Å². The maximum Gasteiger partial charge on any atom is 0.323 e. The minimum absolute atomic E-state index is 0.250. The predicted octanol–water partition coefficient (Wildman–Crippen LogP) is -0.694. The highest BCUT2D eigenvalue weighted by Gasteiger charge is 2.28. The summed E-state index contributed by atoms with van der Waals surface area (Å²) in [6.07, 6.45) is 0.812. The van der Waals surface area contributed by atoms with E-state index in [4.69, 9.17) is 14.2 Å². The number of carbonyl (C=O) groups is 1. The molecule has 1 aliphatic rings. The smallest absolute Gasteiger partial charge is 0.323 e. The number of hydrogen-bond donors (Lipinski definition) is 2. The fourth-order valence-corrected chi connectivity index (χ4v) is 1.61. The summed E-state index contributed by atoms with van der Waals surface area (Å²) in [7, 11) is 1.64. The number of β-amino-alcohol motifs (C(OH)–C–C–N with tert-alkyl or cyclic N) is 1. The van der Waals surface area contributed by atoms with Gasteiger partial charge in [-0.2, -0.15) is 0 Å². The molecule has 17 heavy (non-hydrogen) atoms. The van der Waals surface area contributed by atoms with Crippen molar-refractivity contribution in [2.24, 2.45) is 0 Å². The number of aliphatic hydroxyl groups is 1. The van der Waals surface area contributed by atoms with Gasteiger partial charge in [0.1, 0.15) is 12.6 Å². The highest BCUT2D eigenvalue weighted by Crippen LogP contribution is 2.07. The lowest BCUT2D eigenvalue weighted by molar-refractivity contribution is -0.147. The van der Waals surface area contributed by atoms with Crippen molar-refractivity contribution in [1.29, 1.82) is 0 Å². The molecule has 1 heterocycles. The molecule has 6 nitrogen and oxygen atoms in total. The van der Waals surface area contributed by atoms with E-state index in [1.165, 1.54) is 0 Å². The Morgan fingerprint density at radius 2 is 2.18 bits per heavy atom. The quantitative estimate of drug-likeness (QED) is 0.436. The molecule has 0 amide bonds. The Morgan fingerprint density at radius 1 is 1.35 bits per heavy atom. The molecule has 100 valence electrons. The molecule has 1 saturated heterocycles. The maximum absolute atomic E-state index is 11.5. The molecule has 0 unspecified atom stereocenters. The average Bonchev–Trinajstić information content (AvgIpc) is 2.74. The topological polar surface area (TPSA) is 77.0 Å². The Hall–Kier alpha value is -0.690. The van der Waals surface area contributed by atoms with E-state index in [2.05, 4.69) is 5.32 Å². The van der Waals surface area contributed by atoms with Crippen LogP contribution in [0.4, 0.5) is 0 Å². The van der Waals surface area contributed by atoms with Crippen LogP contribution in [0.3, 0.4) is 0 Å². The van der Waals surface area contributed by atoms with E-state index in [0.717, 1.165) is 6.42 Å². The first kappa shape index (κ1) is 14.4. The standard InChI is InChI=1S/C11H21NO5/c1-15-3-2-4-16-5-6-17-11(14)10-7-9(13)8-12-10/h9-10,12-13H,2-8H2,1H3/t9-,10+/m1/s1. The summed E-state index contributed by atoms with van der Waals surface area (Å²) in [6, 6.07) is -0.376. The molecular weight excluding hydrogens is 226 g/mol. The first-order chi connectivity index (χ1) is 8.24. The minimum Gasteiger partial charge on any atom is -0.462 e. The van der Waals surface area contributed by atoms with Crippen LogP contribution in [0.1, 0.15) is 12.8 Å². The molecule has 0 aromatic heterocycles. The predicted molar refractivity (Wildman–Crippen MR) is 60.7 cm³/mol.